The van der Waals surface area contributed by atoms with Crippen LogP contribution < -0.4 is 5.56 Å². The molecule has 0 amide bonds. The maximum atomic E-state index is 12.5. The lowest BCUT2D eigenvalue weighted by atomic mass is 10.3. The van der Waals surface area contributed by atoms with Gasteiger partial charge in [-0.05, 0) is 43.0 Å². The van der Waals surface area contributed by atoms with E-state index in [9.17, 15) is 4.79 Å². The predicted molar refractivity (Wildman–Crippen MR) is 80.9 cm³/mol. The molecule has 0 radical (unpaired) electrons. The Balaban J connectivity index is 1.82. The summed E-state index contributed by atoms with van der Waals surface area (Å²) < 4.78 is 3.47. The molecule has 4 rings (SSSR count). The first kappa shape index (κ1) is 12.6. The normalized spacial score (nSPS) is 14.7. The predicted octanol–water partition coefficient (Wildman–Crippen LogP) is 2.65. The fourth-order valence-corrected chi connectivity index (χ4v) is 2.56. The average molecular weight is 301 g/mol. The van der Waals surface area contributed by atoms with Gasteiger partial charge < -0.3 is 4.57 Å². The lowest BCUT2D eigenvalue weighted by Crippen LogP contribution is -2.19. The second-order valence-electron chi connectivity index (χ2n) is 5.41. The number of benzene rings is 1. The van der Waals surface area contributed by atoms with Crippen LogP contribution in [-0.4, -0.2) is 19.1 Å². The van der Waals surface area contributed by atoms with Crippen LogP contribution in [0.15, 0.2) is 41.7 Å². The molecule has 0 saturated heterocycles. The molecule has 0 spiro atoms. The van der Waals surface area contributed by atoms with Gasteiger partial charge in [0.25, 0.3) is 5.56 Å². The van der Waals surface area contributed by atoms with E-state index in [2.05, 4.69) is 9.97 Å². The van der Waals surface area contributed by atoms with E-state index in [1.807, 2.05) is 4.57 Å². The van der Waals surface area contributed by atoms with Crippen LogP contribution in [0, 0.1) is 5.92 Å². The summed E-state index contributed by atoms with van der Waals surface area (Å²) in [5.74, 6) is 0.711. The molecule has 2 aromatic heterocycles. The van der Waals surface area contributed by atoms with E-state index in [0.717, 1.165) is 12.2 Å². The maximum Gasteiger partial charge on any atom is 0.286 e. The third-order valence-corrected chi connectivity index (χ3v) is 4.04. The van der Waals surface area contributed by atoms with Crippen molar-refractivity contribution in [3.63, 3.8) is 0 Å². The van der Waals surface area contributed by atoms with Gasteiger partial charge in [0.15, 0.2) is 11.2 Å². The number of halogens is 1. The average Bonchev–Trinajstić information content (AvgIpc) is 3.20. The molecular weight excluding hydrogens is 288 g/mol. The molecule has 0 unspecified atom stereocenters. The second-order valence-corrected chi connectivity index (χ2v) is 5.85. The molecule has 2 heterocycles. The summed E-state index contributed by atoms with van der Waals surface area (Å²) in [4.78, 5) is 21.2. The molecule has 5 nitrogen and oxygen atoms in total. The van der Waals surface area contributed by atoms with Gasteiger partial charge in [0.05, 0.1) is 12.0 Å². The van der Waals surface area contributed by atoms with Crippen LogP contribution in [0.5, 0.6) is 0 Å². The molecule has 0 atom stereocenters. The molecule has 0 N–H and O–H groups in total. The summed E-state index contributed by atoms with van der Waals surface area (Å²) in [6, 6.07) is 7.08. The van der Waals surface area contributed by atoms with Crippen LogP contribution >= 0.6 is 11.6 Å². The molecule has 1 saturated carbocycles. The van der Waals surface area contributed by atoms with Crippen molar-refractivity contribution in [1.82, 2.24) is 19.1 Å². The first-order chi connectivity index (χ1) is 10.2. The fourth-order valence-electron chi connectivity index (χ4n) is 2.44. The first-order valence-electron chi connectivity index (χ1n) is 6.91. The zero-order chi connectivity index (χ0) is 14.4. The quantitative estimate of drug-likeness (QED) is 0.747. The molecule has 3 aromatic rings. The van der Waals surface area contributed by atoms with Gasteiger partial charge in [-0.2, -0.15) is 0 Å². The van der Waals surface area contributed by atoms with Crippen molar-refractivity contribution >= 4 is 22.8 Å². The number of hydrogen-bond acceptors (Lipinski definition) is 3. The van der Waals surface area contributed by atoms with Gasteiger partial charge in [0.2, 0.25) is 0 Å². The summed E-state index contributed by atoms with van der Waals surface area (Å²) in [7, 11) is 0. The molecule has 1 fully saturated rings. The molecule has 21 heavy (non-hydrogen) atoms. The third-order valence-electron chi connectivity index (χ3n) is 3.78. The molecular formula is C15H13ClN4O. The Morgan fingerprint density at radius 1 is 1.14 bits per heavy atom. The standard InChI is InChI=1S/C15H13ClN4O/c16-11-3-5-12(6-4-11)20-9-18-14-13(15(20)21)17-8-19(14)7-10-1-2-10/h3-6,8-10H,1-2,7H2. The topological polar surface area (TPSA) is 52.7 Å². The van der Waals surface area contributed by atoms with Crippen molar-refractivity contribution < 1.29 is 0 Å². The summed E-state index contributed by atoms with van der Waals surface area (Å²) >= 11 is 5.87. The first-order valence-corrected chi connectivity index (χ1v) is 7.28. The summed E-state index contributed by atoms with van der Waals surface area (Å²) in [5, 5.41) is 0.634. The van der Waals surface area contributed by atoms with Crippen LogP contribution in [0.25, 0.3) is 16.9 Å². The Kier molecular flexibility index (Phi) is 2.82. The van der Waals surface area contributed by atoms with Crippen molar-refractivity contribution in [3.05, 3.63) is 52.3 Å². The van der Waals surface area contributed by atoms with E-state index in [4.69, 9.17) is 11.6 Å². The lowest BCUT2D eigenvalue weighted by molar-refractivity contribution is 0.637. The van der Waals surface area contributed by atoms with Gasteiger partial charge in [-0.25, -0.2) is 9.97 Å². The SMILES string of the molecule is O=c1c2ncn(CC3CC3)c2ncn1-c1ccc(Cl)cc1. The number of hydrogen-bond donors (Lipinski definition) is 0. The highest BCUT2D eigenvalue weighted by atomic mass is 35.5. The molecule has 1 aromatic carbocycles. The highest BCUT2D eigenvalue weighted by Gasteiger charge is 2.23. The van der Waals surface area contributed by atoms with E-state index in [0.29, 0.717) is 22.1 Å². The number of imidazole rings is 1. The van der Waals surface area contributed by atoms with Crippen LogP contribution in [0.1, 0.15) is 12.8 Å². The lowest BCUT2D eigenvalue weighted by Gasteiger charge is -2.06. The molecule has 1 aliphatic rings. The number of rotatable bonds is 3. The minimum Gasteiger partial charge on any atom is -0.315 e. The van der Waals surface area contributed by atoms with Gasteiger partial charge >= 0.3 is 0 Å². The smallest absolute Gasteiger partial charge is 0.286 e. The zero-order valence-electron chi connectivity index (χ0n) is 11.2. The van der Waals surface area contributed by atoms with Gasteiger partial charge in [-0.15, -0.1) is 0 Å². The van der Waals surface area contributed by atoms with Gasteiger partial charge in [0.1, 0.15) is 6.33 Å². The van der Waals surface area contributed by atoms with E-state index >= 15 is 0 Å². The Morgan fingerprint density at radius 2 is 1.90 bits per heavy atom. The second kappa shape index (κ2) is 4.70. The highest BCUT2D eigenvalue weighted by molar-refractivity contribution is 6.30. The Bertz CT molecular complexity index is 862. The van der Waals surface area contributed by atoms with Crippen LogP contribution in [-0.2, 0) is 6.54 Å². The minimum absolute atomic E-state index is 0.156. The van der Waals surface area contributed by atoms with Gasteiger partial charge in [-0.3, -0.25) is 9.36 Å². The van der Waals surface area contributed by atoms with E-state index < -0.39 is 0 Å². The van der Waals surface area contributed by atoms with E-state index in [1.165, 1.54) is 17.4 Å². The molecule has 0 aliphatic heterocycles. The molecule has 1 aliphatic carbocycles. The zero-order valence-corrected chi connectivity index (χ0v) is 12.0. The van der Waals surface area contributed by atoms with E-state index in [-0.39, 0.29) is 5.56 Å². The Hall–Kier alpha value is -2.14. The summed E-state index contributed by atoms with van der Waals surface area (Å²) in [6.45, 7) is 0.897. The Labute approximate surface area is 125 Å². The minimum atomic E-state index is -0.156. The van der Waals surface area contributed by atoms with Crippen molar-refractivity contribution in [3.8, 4) is 5.69 Å². The van der Waals surface area contributed by atoms with Crippen LogP contribution in [0.2, 0.25) is 5.02 Å². The molecule has 106 valence electrons. The third kappa shape index (κ3) is 2.23. The van der Waals surface area contributed by atoms with E-state index in [1.54, 1.807) is 36.9 Å². The number of fused-ring (bicyclic) bond motifs is 1. The maximum absolute atomic E-state index is 12.5. The highest BCUT2D eigenvalue weighted by Crippen LogP contribution is 2.31. The fraction of sp³-hybridized carbons (Fsp3) is 0.267. The summed E-state index contributed by atoms with van der Waals surface area (Å²) in [6.07, 6.45) is 5.77. The van der Waals surface area contributed by atoms with Crippen molar-refractivity contribution in [2.24, 2.45) is 5.92 Å². The van der Waals surface area contributed by atoms with Crippen LogP contribution in [0.4, 0.5) is 0 Å². The van der Waals surface area contributed by atoms with Crippen molar-refractivity contribution in [2.75, 3.05) is 0 Å². The van der Waals surface area contributed by atoms with Gasteiger partial charge in [0, 0.05) is 11.6 Å². The molecule has 0 bridgehead atoms. The Morgan fingerprint density at radius 3 is 2.62 bits per heavy atom. The van der Waals surface area contributed by atoms with Gasteiger partial charge in [-0.1, -0.05) is 11.6 Å². The number of nitrogens with zero attached hydrogens (tertiary/aromatic N) is 4. The summed E-state index contributed by atoms with van der Waals surface area (Å²) in [5.41, 5.74) is 1.65. The molecule has 6 heteroatoms. The largest absolute Gasteiger partial charge is 0.315 e. The number of aromatic nitrogens is 4. The van der Waals surface area contributed by atoms with Crippen molar-refractivity contribution in [2.45, 2.75) is 19.4 Å². The van der Waals surface area contributed by atoms with Crippen molar-refractivity contribution in [1.29, 1.82) is 0 Å². The monoisotopic (exact) mass is 300 g/mol. The van der Waals surface area contributed by atoms with Crippen LogP contribution in [0.3, 0.4) is 0 Å².